The van der Waals surface area contributed by atoms with Crippen LogP contribution in [-0.2, 0) is 6.54 Å². The maximum absolute atomic E-state index is 13.6. The van der Waals surface area contributed by atoms with Crippen LogP contribution in [0.2, 0.25) is 0 Å². The zero-order valence-corrected chi connectivity index (χ0v) is 9.58. The van der Waals surface area contributed by atoms with Gasteiger partial charge < -0.3 is 11.1 Å². The van der Waals surface area contributed by atoms with Crippen LogP contribution in [0.1, 0.15) is 15.9 Å². The molecule has 0 unspecified atom stereocenters. The number of hydrogen-bond donors (Lipinski definition) is 2. The van der Waals surface area contributed by atoms with Crippen molar-refractivity contribution < 1.29 is 9.18 Å². The Hall–Kier alpha value is -1.46. The molecule has 1 fully saturated rings. The highest BCUT2D eigenvalue weighted by Crippen LogP contribution is 2.13. The van der Waals surface area contributed by atoms with Crippen molar-refractivity contribution in [2.75, 3.05) is 26.2 Å². The summed E-state index contributed by atoms with van der Waals surface area (Å²) in [6, 6.07) is 4.26. The monoisotopic (exact) mass is 237 g/mol. The molecule has 1 saturated heterocycles. The number of benzene rings is 1. The molecular formula is C12H16FN3O. The van der Waals surface area contributed by atoms with Gasteiger partial charge in [0.15, 0.2) is 0 Å². The quantitative estimate of drug-likeness (QED) is 0.796. The van der Waals surface area contributed by atoms with Gasteiger partial charge in [-0.3, -0.25) is 9.69 Å². The number of halogens is 1. The second kappa shape index (κ2) is 5.25. The number of rotatable bonds is 3. The molecule has 1 aromatic rings. The summed E-state index contributed by atoms with van der Waals surface area (Å²) in [6.45, 7) is 4.13. The molecule has 5 heteroatoms. The van der Waals surface area contributed by atoms with Gasteiger partial charge in [0.1, 0.15) is 5.82 Å². The van der Waals surface area contributed by atoms with E-state index in [1.165, 1.54) is 12.1 Å². The molecule has 3 N–H and O–H groups in total. The third-order valence-electron chi connectivity index (χ3n) is 2.93. The van der Waals surface area contributed by atoms with Crippen LogP contribution in [0.4, 0.5) is 4.39 Å². The third kappa shape index (κ3) is 3.01. The SMILES string of the molecule is NC(=O)c1ccc(F)c(CN2CCNCC2)c1. The van der Waals surface area contributed by atoms with Gasteiger partial charge in [-0.1, -0.05) is 0 Å². The molecule has 4 nitrogen and oxygen atoms in total. The summed E-state index contributed by atoms with van der Waals surface area (Å²) in [7, 11) is 0. The summed E-state index contributed by atoms with van der Waals surface area (Å²) in [6.07, 6.45) is 0. The summed E-state index contributed by atoms with van der Waals surface area (Å²) in [5.41, 5.74) is 6.07. The standard InChI is InChI=1S/C12H16FN3O/c13-11-2-1-9(12(14)17)7-10(11)8-16-5-3-15-4-6-16/h1-2,7,15H,3-6,8H2,(H2,14,17). The van der Waals surface area contributed by atoms with Crippen LogP contribution >= 0.6 is 0 Å². The highest BCUT2D eigenvalue weighted by molar-refractivity contribution is 5.92. The lowest BCUT2D eigenvalue weighted by Crippen LogP contribution is -2.43. The molecule has 0 radical (unpaired) electrons. The Balaban J connectivity index is 2.13. The van der Waals surface area contributed by atoms with Gasteiger partial charge in [0.25, 0.3) is 0 Å². The Bertz CT molecular complexity index is 416. The number of amides is 1. The summed E-state index contributed by atoms with van der Waals surface area (Å²) in [5, 5.41) is 3.24. The Morgan fingerprint density at radius 1 is 1.41 bits per heavy atom. The van der Waals surface area contributed by atoms with Gasteiger partial charge in [-0.2, -0.15) is 0 Å². The summed E-state index contributed by atoms with van der Waals surface area (Å²) < 4.78 is 13.6. The van der Waals surface area contributed by atoms with E-state index in [0.717, 1.165) is 26.2 Å². The van der Waals surface area contributed by atoms with E-state index in [0.29, 0.717) is 17.7 Å². The number of primary amides is 1. The number of carbonyl (C=O) groups excluding carboxylic acids is 1. The van der Waals surface area contributed by atoms with Gasteiger partial charge in [-0.15, -0.1) is 0 Å². The molecule has 1 aromatic carbocycles. The molecule has 0 aromatic heterocycles. The number of carbonyl (C=O) groups is 1. The normalized spacial score (nSPS) is 17.0. The lowest BCUT2D eigenvalue weighted by atomic mass is 10.1. The third-order valence-corrected chi connectivity index (χ3v) is 2.93. The summed E-state index contributed by atoms with van der Waals surface area (Å²) >= 11 is 0. The van der Waals surface area contributed by atoms with Gasteiger partial charge in [0.05, 0.1) is 0 Å². The average Bonchev–Trinajstić information content (AvgIpc) is 2.33. The predicted octanol–water partition coefficient (Wildman–Crippen LogP) is 0.330. The highest BCUT2D eigenvalue weighted by atomic mass is 19.1. The lowest BCUT2D eigenvalue weighted by molar-refractivity contribution is 0.1000. The molecule has 1 aliphatic heterocycles. The Kier molecular flexibility index (Phi) is 3.71. The lowest BCUT2D eigenvalue weighted by Gasteiger charge is -2.27. The van der Waals surface area contributed by atoms with E-state index in [4.69, 9.17) is 5.73 Å². The van der Waals surface area contributed by atoms with Crippen LogP contribution in [0.5, 0.6) is 0 Å². The van der Waals surface area contributed by atoms with Crippen molar-refractivity contribution in [2.45, 2.75) is 6.54 Å². The van der Waals surface area contributed by atoms with E-state index in [1.54, 1.807) is 6.07 Å². The first-order valence-corrected chi connectivity index (χ1v) is 5.68. The van der Waals surface area contributed by atoms with Gasteiger partial charge in [0.2, 0.25) is 5.91 Å². The van der Waals surface area contributed by atoms with Crippen molar-refractivity contribution in [2.24, 2.45) is 5.73 Å². The van der Waals surface area contributed by atoms with E-state index in [1.807, 2.05) is 0 Å². The van der Waals surface area contributed by atoms with Crippen molar-refractivity contribution in [1.29, 1.82) is 0 Å². The topological polar surface area (TPSA) is 58.4 Å². The van der Waals surface area contributed by atoms with E-state index in [2.05, 4.69) is 10.2 Å². The van der Waals surface area contributed by atoms with Crippen LogP contribution in [0.3, 0.4) is 0 Å². The van der Waals surface area contributed by atoms with E-state index < -0.39 is 5.91 Å². The molecule has 2 rings (SSSR count). The molecule has 1 heterocycles. The minimum Gasteiger partial charge on any atom is -0.366 e. The fourth-order valence-electron chi connectivity index (χ4n) is 1.96. The maximum atomic E-state index is 13.6. The number of piperazine rings is 1. The van der Waals surface area contributed by atoms with Crippen LogP contribution in [0.15, 0.2) is 18.2 Å². The first-order chi connectivity index (χ1) is 8.16. The average molecular weight is 237 g/mol. The minimum atomic E-state index is -0.522. The summed E-state index contributed by atoms with van der Waals surface area (Å²) in [4.78, 5) is 13.2. The Morgan fingerprint density at radius 3 is 2.76 bits per heavy atom. The Morgan fingerprint density at radius 2 is 2.12 bits per heavy atom. The van der Waals surface area contributed by atoms with Crippen molar-refractivity contribution in [3.63, 3.8) is 0 Å². The van der Waals surface area contributed by atoms with Crippen LogP contribution in [-0.4, -0.2) is 37.0 Å². The largest absolute Gasteiger partial charge is 0.366 e. The van der Waals surface area contributed by atoms with Crippen molar-refractivity contribution >= 4 is 5.91 Å². The number of nitrogens with two attached hydrogens (primary N) is 1. The molecule has 0 spiro atoms. The second-order valence-corrected chi connectivity index (χ2v) is 4.20. The molecule has 0 bridgehead atoms. The number of nitrogens with one attached hydrogen (secondary N) is 1. The number of hydrogen-bond acceptors (Lipinski definition) is 3. The number of nitrogens with zero attached hydrogens (tertiary/aromatic N) is 1. The highest BCUT2D eigenvalue weighted by Gasteiger charge is 2.13. The van der Waals surface area contributed by atoms with Crippen LogP contribution in [0.25, 0.3) is 0 Å². The van der Waals surface area contributed by atoms with Crippen molar-refractivity contribution in [3.8, 4) is 0 Å². The molecule has 0 atom stereocenters. The van der Waals surface area contributed by atoms with E-state index in [9.17, 15) is 9.18 Å². The first-order valence-electron chi connectivity index (χ1n) is 5.68. The zero-order valence-electron chi connectivity index (χ0n) is 9.58. The first kappa shape index (κ1) is 12.0. The van der Waals surface area contributed by atoms with Gasteiger partial charge in [0, 0.05) is 43.9 Å². The second-order valence-electron chi connectivity index (χ2n) is 4.20. The smallest absolute Gasteiger partial charge is 0.248 e. The van der Waals surface area contributed by atoms with Gasteiger partial charge in [-0.05, 0) is 18.2 Å². The van der Waals surface area contributed by atoms with Gasteiger partial charge in [-0.25, -0.2) is 4.39 Å². The van der Waals surface area contributed by atoms with E-state index >= 15 is 0 Å². The van der Waals surface area contributed by atoms with Crippen LogP contribution < -0.4 is 11.1 Å². The molecule has 1 aliphatic rings. The Labute approximate surface area is 99.6 Å². The summed E-state index contributed by atoms with van der Waals surface area (Å²) in [5.74, 6) is -0.805. The maximum Gasteiger partial charge on any atom is 0.248 e. The molecular weight excluding hydrogens is 221 g/mol. The zero-order chi connectivity index (χ0) is 12.3. The molecule has 92 valence electrons. The molecule has 0 aliphatic carbocycles. The van der Waals surface area contributed by atoms with Crippen molar-refractivity contribution in [1.82, 2.24) is 10.2 Å². The molecule has 1 amide bonds. The van der Waals surface area contributed by atoms with Crippen molar-refractivity contribution in [3.05, 3.63) is 35.1 Å². The predicted molar refractivity (Wildman–Crippen MR) is 63.1 cm³/mol. The molecule has 0 saturated carbocycles. The van der Waals surface area contributed by atoms with Crippen LogP contribution in [0, 0.1) is 5.82 Å². The van der Waals surface area contributed by atoms with Gasteiger partial charge >= 0.3 is 0 Å². The fourth-order valence-corrected chi connectivity index (χ4v) is 1.96. The molecule has 17 heavy (non-hydrogen) atoms. The fraction of sp³-hybridized carbons (Fsp3) is 0.417. The minimum absolute atomic E-state index is 0.284. The van der Waals surface area contributed by atoms with E-state index in [-0.39, 0.29) is 5.82 Å².